The summed E-state index contributed by atoms with van der Waals surface area (Å²) in [5.74, 6) is 0. The number of pyridine rings is 1. The van der Waals surface area contributed by atoms with Crippen molar-refractivity contribution in [2.24, 2.45) is 0 Å². The van der Waals surface area contributed by atoms with Gasteiger partial charge in [0.2, 0.25) is 0 Å². The predicted octanol–water partition coefficient (Wildman–Crippen LogP) is 2.05. The quantitative estimate of drug-likeness (QED) is 0.756. The zero-order valence-electron chi connectivity index (χ0n) is 11.8. The summed E-state index contributed by atoms with van der Waals surface area (Å²) in [5, 5.41) is 3.59. The molecule has 0 amide bonds. The first-order chi connectivity index (χ1) is 10.3. The smallest absolute Gasteiger partial charge is 0.0768 e. The molecule has 3 aromatic rings. The highest BCUT2D eigenvalue weighted by Gasteiger charge is 2.13. The van der Waals surface area contributed by atoms with Gasteiger partial charge in [0.1, 0.15) is 0 Å². The molecule has 0 aliphatic heterocycles. The van der Waals surface area contributed by atoms with Crippen molar-refractivity contribution in [2.45, 2.75) is 6.04 Å². The average molecular weight is 375 g/mol. The molecule has 1 aromatic heterocycles. The Bertz CT molecular complexity index is 648. The minimum absolute atomic E-state index is 0. The normalized spacial score (nSPS) is 11.3. The van der Waals surface area contributed by atoms with Gasteiger partial charge in [0, 0.05) is 22.6 Å². The van der Waals surface area contributed by atoms with Crippen molar-refractivity contribution in [3.63, 3.8) is 0 Å². The lowest BCUT2D eigenvalue weighted by Crippen LogP contribution is -3.00. The van der Waals surface area contributed by atoms with Crippen molar-refractivity contribution >= 4 is 21.6 Å². The minimum Gasteiger partial charge on any atom is -1.00 e. The SMILES string of the molecule is Brc1ccc(NC(c2ccccc2)c2ccncc2)cc1.[Cl-]. The summed E-state index contributed by atoms with van der Waals surface area (Å²) in [5.41, 5.74) is 3.51. The van der Waals surface area contributed by atoms with Gasteiger partial charge in [0.05, 0.1) is 6.04 Å². The Morgan fingerprint density at radius 1 is 0.773 bits per heavy atom. The summed E-state index contributed by atoms with van der Waals surface area (Å²) in [6, 6.07) is 22.8. The Balaban J connectivity index is 0.00000176. The number of rotatable bonds is 4. The molecule has 112 valence electrons. The third kappa shape index (κ3) is 4.09. The first-order valence-corrected chi connectivity index (χ1v) is 7.59. The number of nitrogens with one attached hydrogen (secondary N) is 1. The lowest BCUT2D eigenvalue weighted by molar-refractivity contribution is -0.00000404. The molecule has 3 rings (SSSR count). The van der Waals surface area contributed by atoms with Crippen molar-refractivity contribution in [3.8, 4) is 0 Å². The molecule has 0 saturated carbocycles. The molecule has 1 unspecified atom stereocenters. The summed E-state index contributed by atoms with van der Waals surface area (Å²) in [7, 11) is 0. The third-order valence-corrected chi connectivity index (χ3v) is 3.86. The van der Waals surface area contributed by atoms with Crippen LogP contribution in [-0.2, 0) is 0 Å². The van der Waals surface area contributed by atoms with Gasteiger partial charge < -0.3 is 17.7 Å². The van der Waals surface area contributed by atoms with Crippen LogP contribution >= 0.6 is 15.9 Å². The second-order valence-corrected chi connectivity index (χ2v) is 5.69. The number of nitrogens with zero attached hydrogens (tertiary/aromatic N) is 1. The Morgan fingerprint density at radius 3 is 2.00 bits per heavy atom. The largest absolute Gasteiger partial charge is 1.00 e. The van der Waals surface area contributed by atoms with Crippen LogP contribution in [0.15, 0.2) is 83.6 Å². The highest BCUT2D eigenvalue weighted by Crippen LogP contribution is 2.26. The van der Waals surface area contributed by atoms with Gasteiger partial charge >= 0.3 is 0 Å². The van der Waals surface area contributed by atoms with E-state index in [1.807, 2.05) is 42.7 Å². The number of aromatic nitrogens is 1. The molecule has 22 heavy (non-hydrogen) atoms. The molecular weight excluding hydrogens is 360 g/mol. The van der Waals surface area contributed by atoms with E-state index in [1.165, 1.54) is 11.1 Å². The van der Waals surface area contributed by atoms with Crippen LogP contribution in [0.5, 0.6) is 0 Å². The molecule has 1 N–H and O–H groups in total. The molecule has 4 heteroatoms. The summed E-state index contributed by atoms with van der Waals surface area (Å²) in [6.45, 7) is 0. The van der Waals surface area contributed by atoms with Gasteiger partial charge in [-0.3, -0.25) is 4.98 Å². The van der Waals surface area contributed by atoms with Crippen molar-refractivity contribution < 1.29 is 12.4 Å². The van der Waals surface area contributed by atoms with Gasteiger partial charge in [-0.25, -0.2) is 0 Å². The summed E-state index contributed by atoms with van der Waals surface area (Å²) < 4.78 is 1.08. The van der Waals surface area contributed by atoms with Crippen LogP contribution < -0.4 is 17.7 Å². The number of benzene rings is 2. The Morgan fingerprint density at radius 2 is 1.36 bits per heavy atom. The van der Waals surface area contributed by atoms with E-state index in [0.29, 0.717) is 0 Å². The van der Waals surface area contributed by atoms with Crippen LogP contribution in [0, 0.1) is 0 Å². The minimum atomic E-state index is 0. The second-order valence-electron chi connectivity index (χ2n) is 4.78. The van der Waals surface area contributed by atoms with Gasteiger partial charge in [0.25, 0.3) is 0 Å². The second kappa shape index (κ2) is 7.97. The highest BCUT2D eigenvalue weighted by atomic mass is 79.9. The van der Waals surface area contributed by atoms with E-state index in [0.717, 1.165) is 10.2 Å². The van der Waals surface area contributed by atoms with E-state index in [1.54, 1.807) is 0 Å². The van der Waals surface area contributed by atoms with Crippen LogP contribution in [0.3, 0.4) is 0 Å². The van der Waals surface area contributed by atoms with Crippen LogP contribution in [0.25, 0.3) is 0 Å². The highest BCUT2D eigenvalue weighted by molar-refractivity contribution is 9.10. The first kappa shape index (κ1) is 16.5. The van der Waals surface area contributed by atoms with Crippen LogP contribution in [0.4, 0.5) is 5.69 Å². The molecule has 2 aromatic carbocycles. The van der Waals surface area contributed by atoms with Gasteiger partial charge in [-0.15, -0.1) is 0 Å². The summed E-state index contributed by atoms with van der Waals surface area (Å²) in [4.78, 5) is 4.11. The standard InChI is InChI=1S/C18H15BrN2.ClH/c19-16-6-8-17(9-7-16)21-18(14-4-2-1-3-5-14)15-10-12-20-13-11-15;/h1-13,18,21H;1H/p-1. The maximum atomic E-state index is 4.11. The Hall–Kier alpha value is -1.84. The summed E-state index contributed by atoms with van der Waals surface area (Å²) in [6.07, 6.45) is 3.66. The first-order valence-electron chi connectivity index (χ1n) is 6.80. The lowest BCUT2D eigenvalue weighted by atomic mass is 9.99. The maximum Gasteiger partial charge on any atom is 0.0768 e. The number of halogens is 2. The van der Waals surface area contributed by atoms with Crippen molar-refractivity contribution in [2.75, 3.05) is 5.32 Å². The van der Waals surface area contributed by atoms with E-state index >= 15 is 0 Å². The van der Waals surface area contributed by atoms with Crippen LogP contribution in [0.2, 0.25) is 0 Å². The topological polar surface area (TPSA) is 24.9 Å². The number of hydrogen-bond donors (Lipinski definition) is 1. The zero-order valence-corrected chi connectivity index (χ0v) is 14.1. The zero-order chi connectivity index (χ0) is 14.5. The van der Waals surface area contributed by atoms with Gasteiger partial charge in [-0.1, -0.05) is 46.3 Å². The molecule has 0 aliphatic rings. The van der Waals surface area contributed by atoms with E-state index in [9.17, 15) is 0 Å². The number of anilines is 1. The van der Waals surface area contributed by atoms with Gasteiger partial charge in [0.15, 0.2) is 0 Å². The molecule has 0 saturated heterocycles. The molecule has 0 bridgehead atoms. The predicted molar refractivity (Wildman–Crippen MR) is 90.3 cm³/mol. The Labute approximate surface area is 145 Å². The number of hydrogen-bond acceptors (Lipinski definition) is 2. The van der Waals surface area contributed by atoms with Crippen LogP contribution in [0.1, 0.15) is 17.2 Å². The molecular formula is C18H15BrClN2-. The fraction of sp³-hybridized carbons (Fsp3) is 0.0556. The fourth-order valence-electron chi connectivity index (χ4n) is 2.27. The lowest BCUT2D eigenvalue weighted by Gasteiger charge is -2.21. The maximum absolute atomic E-state index is 4.11. The average Bonchev–Trinajstić information content (AvgIpc) is 2.56. The van der Waals surface area contributed by atoms with Crippen molar-refractivity contribution in [1.82, 2.24) is 4.98 Å². The molecule has 2 nitrogen and oxygen atoms in total. The molecule has 1 atom stereocenters. The molecule has 0 fully saturated rings. The van der Waals surface area contributed by atoms with Crippen molar-refractivity contribution in [3.05, 3.63) is 94.7 Å². The molecule has 0 aliphatic carbocycles. The van der Waals surface area contributed by atoms with Crippen molar-refractivity contribution in [1.29, 1.82) is 0 Å². The Kier molecular flexibility index (Phi) is 5.99. The van der Waals surface area contributed by atoms with Gasteiger partial charge in [-0.2, -0.15) is 0 Å². The molecule has 0 radical (unpaired) electrons. The fourth-order valence-corrected chi connectivity index (χ4v) is 2.54. The van der Waals surface area contributed by atoms with Gasteiger partial charge in [-0.05, 0) is 47.5 Å². The van der Waals surface area contributed by atoms with Crippen LogP contribution in [-0.4, -0.2) is 4.98 Å². The van der Waals surface area contributed by atoms with E-state index in [-0.39, 0.29) is 18.4 Å². The van der Waals surface area contributed by atoms with E-state index < -0.39 is 0 Å². The van der Waals surface area contributed by atoms with E-state index in [4.69, 9.17) is 0 Å². The molecule has 1 heterocycles. The van der Waals surface area contributed by atoms with E-state index in [2.05, 4.69) is 62.6 Å². The summed E-state index contributed by atoms with van der Waals surface area (Å²) >= 11 is 3.47. The third-order valence-electron chi connectivity index (χ3n) is 3.33. The molecule has 0 spiro atoms. The monoisotopic (exact) mass is 373 g/mol.